The Balaban J connectivity index is 1.39. The minimum atomic E-state index is -3.80. The zero-order chi connectivity index (χ0) is 27.4. The molecule has 11 nitrogen and oxygen atoms in total. The second-order valence-corrected chi connectivity index (χ2v) is 12.3. The number of pyridine rings is 1. The number of carbonyl (C=O) groups is 2. The first-order valence-electron chi connectivity index (χ1n) is 12.0. The number of piperazine rings is 1. The van der Waals surface area contributed by atoms with E-state index in [-0.39, 0.29) is 34.2 Å². The Morgan fingerprint density at radius 1 is 1.18 bits per heavy atom. The molecule has 1 atom stereocenters. The average molecular weight is 559 g/mol. The summed E-state index contributed by atoms with van der Waals surface area (Å²) in [4.78, 5) is 35.2. The lowest BCUT2D eigenvalue weighted by Gasteiger charge is -2.37. The number of nitrogens with one attached hydrogen (secondary N) is 1. The third kappa shape index (κ3) is 6.18. The maximum absolute atomic E-state index is 13.2. The maximum atomic E-state index is 13.2. The molecule has 1 aliphatic rings. The van der Waals surface area contributed by atoms with Crippen LogP contribution in [0.2, 0.25) is 0 Å². The van der Waals surface area contributed by atoms with Crippen LogP contribution in [0.1, 0.15) is 18.3 Å². The van der Waals surface area contributed by atoms with Gasteiger partial charge in [0.05, 0.1) is 5.69 Å². The van der Waals surface area contributed by atoms with E-state index in [9.17, 15) is 18.0 Å². The van der Waals surface area contributed by atoms with Gasteiger partial charge in [0.15, 0.2) is 9.34 Å². The van der Waals surface area contributed by atoms with Crippen LogP contribution in [0, 0.1) is 13.8 Å². The Hall–Kier alpha value is -3.39. The standard InChI is InChI=1S/C25H30N6O5S2/c1-17-7-8-21(14-26-17)20-5-4-6-22(13-20)31(16-32)18(2)15-29-9-11-30(12-10-29)38(35,36)23-19(3)27-24(37-23)28-25(33)34/h4-8,13-14,16,18H,9-12,15H2,1-3H3,(H,27,28)(H,33,34)/t18-/m0/s1. The van der Waals surface area contributed by atoms with Gasteiger partial charge < -0.3 is 10.0 Å². The highest BCUT2D eigenvalue weighted by atomic mass is 32.2. The average Bonchev–Trinajstić information content (AvgIpc) is 3.25. The van der Waals surface area contributed by atoms with Gasteiger partial charge in [0.2, 0.25) is 6.41 Å². The minimum absolute atomic E-state index is 0.0256. The minimum Gasteiger partial charge on any atom is -0.465 e. The predicted molar refractivity (Wildman–Crippen MR) is 146 cm³/mol. The van der Waals surface area contributed by atoms with Gasteiger partial charge in [0.25, 0.3) is 10.0 Å². The number of carbonyl (C=O) groups excluding carboxylic acids is 1. The number of sulfonamides is 1. The number of anilines is 2. The summed E-state index contributed by atoms with van der Waals surface area (Å²) in [7, 11) is -3.80. The Morgan fingerprint density at radius 2 is 1.92 bits per heavy atom. The lowest BCUT2D eigenvalue weighted by atomic mass is 10.1. The van der Waals surface area contributed by atoms with Crippen LogP contribution < -0.4 is 10.2 Å². The summed E-state index contributed by atoms with van der Waals surface area (Å²) < 4.78 is 27.8. The summed E-state index contributed by atoms with van der Waals surface area (Å²) in [6.07, 6.45) is 1.34. The predicted octanol–water partition coefficient (Wildman–Crippen LogP) is 3.27. The van der Waals surface area contributed by atoms with E-state index in [0.29, 0.717) is 19.6 Å². The molecule has 0 spiro atoms. The van der Waals surface area contributed by atoms with E-state index in [2.05, 4.69) is 20.2 Å². The number of thiazole rings is 1. The molecule has 1 fully saturated rings. The molecule has 1 aliphatic heterocycles. The van der Waals surface area contributed by atoms with Gasteiger partial charge in [-0.3, -0.25) is 20.0 Å². The van der Waals surface area contributed by atoms with E-state index >= 15 is 0 Å². The van der Waals surface area contributed by atoms with Crippen molar-refractivity contribution >= 4 is 44.7 Å². The zero-order valence-electron chi connectivity index (χ0n) is 21.4. The molecular formula is C25H30N6O5S2. The summed E-state index contributed by atoms with van der Waals surface area (Å²) in [5.74, 6) is 0. The number of hydrogen-bond donors (Lipinski definition) is 2. The summed E-state index contributed by atoms with van der Waals surface area (Å²) in [6.45, 7) is 7.60. The molecule has 0 saturated carbocycles. The number of benzene rings is 1. The highest BCUT2D eigenvalue weighted by Gasteiger charge is 2.33. The van der Waals surface area contributed by atoms with Crippen molar-refractivity contribution in [3.8, 4) is 11.1 Å². The van der Waals surface area contributed by atoms with Crippen molar-refractivity contribution in [3.05, 3.63) is 54.0 Å². The van der Waals surface area contributed by atoms with E-state index < -0.39 is 16.1 Å². The lowest BCUT2D eigenvalue weighted by molar-refractivity contribution is -0.107. The Kier molecular flexibility index (Phi) is 8.41. The van der Waals surface area contributed by atoms with E-state index in [1.165, 1.54) is 4.31 Å². The highest BCUT2D eigenvalue weighted by molar-refractivity contribution is 7.91. The van der Waals surface area contributed by atoms with E-state index in [1.54, 1.807) is 11.8 Å². The fraction of sp³-hybridized carbons (Fsp3) is 0.360. The maximum Gasteiger partial charge on any atom is 0.410 e. The van der Waals surface area contributed by atoms with Gasteiger partial charge in [-0.05, 0) is 44.5 Å². The third-order valence-corrected chi connectivity index (χ3v) is 9.93. The lowest BCUT2D eigenvalue weighted by Crippen LogP contribution is -2.52. The Labute approximate surface area is 225 Å². The number of carboxylic acid groups (broad SMARTS) is 1. The normalized spacial score (nSPS) is 15.7. The van der Waals surface area contributed by atoms with Gasteiger partial charge in [-0.25, -0.2) is 18.2 Å². The Morgan fingerprint density at radius 3 is 2.55 bits per heavy atom. The molecule has 3 aromatic rings. The van der Waals surface area contributed by atoms with Crippen LogP contribution >= 0.6 is 11.3 Å². The van der Waals surface area contributed by atoms with Gasteiger partial charge >= 0.3 is 6.09 Å². The van der Waals surface area contributed by atoms with Gasteiger partial charge in [-0.1, -0.05) is 29.5 Å². The monoisotopic (exact) mass is 558 g/mol. The molecule has 2 aromatic heterocycles. The largest absolute Gasteiger partial charge is 0.465 e. The second-order valence-electron chi connectivity index (χ2n) is 9.13. The molecule has 1 aromatic carbocycles. The first-order chi connectivity index (χ1) is 18.1. The van der Waals surface area contributed by atoms with Crippen molar-refractivity contribution in [2.45, 2.75) is 31.0 Å². The fourth-order valence-corrected chi connectivity index (χ4v) is 7.36. The molecule has 0 unspecified atom stereocenters. The molecule has 202 valence electrons. The highest BCUT2D eigenvalue weighted by Crippen LogP contribution is 2.30. The van der Waals surface area contributed by atoms with Crippen LogP contribution in [0.15, 0.2) is 46.8 Å². The van der Waals surface area contributed by atoms with Crippen LogP contribution in [-0.2, 0) is 14.8 Å². The third-order valence-electron chi connectivity index (χ3n) is 6.37. The first-order valence-corrected chi connectivity index (χ1v) is 14.3. The number of aryl methyl sites for hydroxylation is 2. The molecule has 2 N–H and O–H groups in total. The van der Waals surface area contributed by atoms with Gasteiger partial charge in [-0.15, -0.1) is 0 Å². The fourth-order valence-electron chi connectivity index (χ4n) is 4.40. The van der Waals surface area contributed by atoms with Gasteiger partial charge in [0.1, 0.15) is 0 Å². The van der Waals surface area contributed by atoms with Crippen LogP contribution in [0.25, 0.3) is 11.1 Å². The van der Waals surface area contributed by atoms with Crippen molar-refractivity contribution < 1.29 is 23.1 Å². The second kappa shape index (κ2) is 11.6. The van der Waals surface area contributed by atoms with Crippen LogP contribution in [0.5, 0.6) is 0 Å². The topological polar surface area (TPSA) is 136 Å². The number of hydrogen-bond acceptors (Lipinski definition) is 8. The van der Waals surface area contributed by atoms with Gasteiger partial charge in [-0.2, -0.15) is 4.31 Å². The molecule has 1 saturated heterocycles. The molecular weight excluding hydrogens is 528 g/mol. The molecule has 13 heteroatoms. The van der Waals surface area contributed by atoms with E-state index in [0.717, 1.165) is 40.3 Å². The molecule has 3 heterocycles. The number of amides is 2. The summed E-state index contributed by atoms with van der Waals surface area (Å²) in [5.41, 5.74) is 3.91. The Bertz CT molecular complexity index is 1400. The summed E-state index contributed by atoms with van der Waals surface area (Å²) in [6, 6.07) is 11.6. The molecule has 0 aliphatic carbocycles. The van der Waals surface area contributed by atoms with Crippen molar-refractivity contribution in [1.82, 2.24) is 19.2 Å². The van der Waals surface area contributed by atoms with Crippen molar-refractivity contribution in [1.29, 1.82) is 0 Å². The van der Waals surface area contributed by atoms with Crippen molar-refractivity contribution in [2.75, 3.05) is 42.9 Å². The summed E-state index contributed by atoms with van der Waals surface area (Å²) in [5, 5.41) is 11.0. The van der Waals surface area contributed by atoms with Crippen molar-refractivity contribution in [3.63, 3.8) is 0 Å². The number of rotatable bonds is 9. The number of nitrogens with zero attached hydrogens (tertiary/aromatic N) is 5. The molecule has 2 amide bonds. The number of aromatic nitrogens is 2. The van der Waals surface area contributed by atoms with E-state index in [1.807, 2.05) is 56.4 Å². The first kappa shape index (κ1) is 27.6. The van der Waals surface area contributed by atoms with E-state index in [4.69, 9.17) is 5.11 Å². The van der Waals surface area contributed by atoms with Crippen LogP contribution in [-0.4, -0.2) is 84.0 Å². The van der Waals surface area contributed by atoms with Crippen molar-refractivity contribution in [2.24, 2.45) is 0 Å². The molecule has 38 heavy (non-hydrogen) atoms. The molecule has 4 rings (SSSR count). The van der Waals surface area contributed by atoms with Crippen LogP contribution in [0.4, 0.5) is 15.6 Å². The smallest absolute Gasteiger partial charge is 0.410 e. The SMILES string of the molecule is Cc1ccc(-c2cccc(N(C=O)[C@@H](C)CN3CCN(S(=O)(=O)c4sc(NC(=O)O)nc4C)CC3)c2)cn1. The quantitative estimate of drug-likeness (QED) is 0.382. The van der Waals surface area contributed by atoms with Gasteiger partial charge in [0, 0.05) is 61.9 Å². The summed E-state index contributed by atoms with van der Waals surface area (Å²) >= 11 is 0.809. The molecule has 0 bridgehead atoms. The molecule has 0 radical (unpaired) electrons. The zero-order valence-corrected chi connectivity index (χ0v) is 23.0. The van der Waals surface area contributed by atoms with Crippen LogP contribution in [0.3, 0.4) is 0 Å².